The van der Waals surface area contributed by atoms with E-state index in [1.807, 2.05) is 0 Å². The van der Waals surface area contributed by atoms with Crippen LogP contribution in [0.5, 0.6) is 0 Å². The standard InChI is InChI=1S/C7H11BCl3N3/c1-14(2,3)8-4-5(9)7(11)13-12-6(4)10/h8H2,1-3H3. The Hall–Kier alpha value is -0.0251. The predicted molar refractivity (Wildman–Crippen MR) is 63.3 cm³/mol. The molecule has 0 unspecified atom stereocenters. The van der Waals surface area contributed by atoms with E-state index in [4.69, 9.17) is 34.8 Å². The number of rotatable bonds is 2. The van der Waals surface area contributed by atoms with Crippen molar-refractivity contribution in [3.05, 3.63) is 15.3 Å². The first kappa shape index (κ1) is 12.0. The lowest BCUT2D eigenvalue weighted by molar-refractivity contribution is -0.754. The molecule has 78 valence electrons. The maximum atomic E-state index is 6.01. The minimum atomic E-state index is -0.533. The summed E-state index contributed by atoms with van der Waals surface area (Å²) in [7, 11) is 5.72. The zero-order chi connectivity index (χ0) is 10.9. The van der Waals surface area contributed by atoms with Crippen LogP contribution in [0.2, 0.25) is 15.3 Å². The number of quaternary nitrogens is 1. The molecule has 0 radical (unpaired) electrons. The lowest BCUT2D eigenvalue weighted by Gasteiger charge is -2.34. The van der Waals surface area contributed by atoms with Crippen LogP contribution >= 0.6 is 34.8 Å². The normalized spacial score (nSPS) is 11.9. The zero-order valence-corrected chi connectivity index (χ0v) is 10.7. The summed E-state index contributed by atoms with van der Waals surface area (Å²) in [4.78, 5) is 0. The molecule has 0 atom stereocenters. The van der Waals surface area contributed by atoms with Gasteiger partial charge in [-0.25, -0.2) is 0 Å². The molecule has 0 aliphatic rings. The topological polar surface area (TPSA) is 25.8 Å². The summed E-state index contributed by atoms with van der Waals surface area (Å²) < 4.78 is 0.821. The molecule has 0 saturated carbocycles. The Morgan fingerprint density at radius 1 is 1.00 bits per heavy atom. The molecule has 0 amide bonds. The molecular formula is C7H11BCl3N3. The largest absolute Gasteiger partial charge is 0.524 e. The highest BCUT2D eigenvalue weighted by atomic mass is 35.5. The van der Waals surface area contributed by atoms with Crippen molar-refractivity contribution in [2.75, 3.05) is 21.1 Å². The number of hydrogen-bond donors (Lipinski definition) is 0. The Bertz CT molecular complexity index is 351. The van der Waals surface area contributed by atoms with Gasteiger partial charge in [0.2, 0.25) is 7.41 Å². The van der Waals surface area contributed by atoms with E-state index in [1.54, 1.807) is 0 Å². The Morgan fingerprint density at radius 3 is 2.00 bits per heavy atom. The van der Waals surface area contributed by atoms with Crippen molar-refractivity contribution in [2.45, 2.75) is 0 Å². The maximum Gasteiger partial charge on any atom is 0.214 e. The van der Waals surface area contributed by atoms with Crippen LogP contribution in [0, 0.1) is 0 Å². The molecule has 0 aromatic carbocycles. The molecule has 0 fully saturated rings. The van der Waals surface area contributed by atoms with Gasteiger partial charge in [-0.05, 0) is 0 Å². The number of nitrogens with zero attached hydrogens (tertiary/aromatic N) is 3. The van der Waals surface area contributed by atoms with E-state index in [0.717, 1.165) is 9.86 Å². The highest BCUT2D eigenvalue weighted by molar-refractivity contribution is 6.59. The fraction of sp³-hybridized carbons (Fsp3) is 0.429. The fourth-order valence-corrected chi connectivity index (χ4v) is 1.97. The van der Waals surface area contributed by atoms with E-state index in [2.05, 4.69) is 31.3 Å². The summed E-state index contributed by atoms with van der Waals surface area (Å²) in [5.41, 5.74) is 0.862. The third kappa shape index (κ3) is 2.99. The molecule has 1 aromatic rings. The number of hydrogen-bond acceptors (Lipinski definition) is 2. The Morgan fingerprint density at radius 2 is 1.50 bits per heavy atom. The van der Waals surface area contributed by atoms with Gasteiger partial charge >= 0.3 is 0 Å². The Labute approximate surface area is 98.8 Å². The highest BCUT2D eigenvalue weighted by Gasteiger charge is 2.13. The molecule has 0 N–H and O–H groups in total. The highest BCUT2D eigenvalue weighted by Crippen LogP contribution is 2.18. The van der Waals surface area contributed by atoms with Gasteiger partial charge in [-0.1, -0.05) is 40.3 Å². The zero-order valence-electron chi connectivity index (χ0n) is 8.48. The molecule has 1 aromatic heterocycles. The second-order valence-electron chi connectivity index (χ2n) is 4.63. The quantitative estimate of drug-likeness (QED) is 0.731. The summed E-state index contributed by atoms with van der Waals surface area (Å²) in [6.45, 7) is 0. The van der Waals surface area contributed by atoms with Gasteiger partial charge in [0.15, 0.2) is 5.15 Å². The van der Waals surface area contributed by atoms with Gasteiger partial charge in [0.25, 0.3) is 0 Å². The monoisotopic (exact) mass is 253 g/mol. The average molecular weight is 254 g/mol. The smallest absolute Gasteiger partial charge is 0.214 e. The first-order valence-electron chi connectivity index (χ1n) is 4.25. The van der Waals surface area contributed by atoms with E-state index < -0.39 is 7.41 Å². The van der Waals surface area contributed by atoms with Crippen molar-refractivity contribution < 1.29 is 4.39 Å². The van der Waals surface area contributed by atoms with E-state index in [-0.39, 0.29) is 5.15 Å². The number of halogens is 3. The van der Waals surface area contributed by atoms with Crippen LogP contribution in [-0.4, -0.2) is 43.1 Å². The molecule has 7 heteroatoms. The summed E-state index contributed by atoms with van der Waals surface area (Å²) in [5, 5.41) is 8.41. The van der Waals surface area contributed by atoms with Crippen molar-refractivity contribution in [1.29, 1.82) is 0 Å². The second-order valence-corrected chi connectivity index (χ2v) is 5.72. The lowest BCUT2D eigenvalue weighted by atomic mass is 9.80. The Kier molecular flexibility index (Phi) is 3.64. The van der Waals surface area contributed by atoms with Crippen LogP contribution in [0.15, 0.2) is 0 Å². The SMILES string of the molecule is C[N+](C)(C)[BH2-]c1c(Cl)nnc(Cl)c1Cl. The lowest BCUT2D eigenvalue weighted by Crippen LogP contribution is -2.46. The third-order valence-corrected chi connectivity index (χ3v) is 3.12. The molecule has 1 heterocycles. The van der Waals surface area contributed by atoms with Gasteiger partial charge in [0.05, 0.1) is 5.02 Å². The first-order valence-corrected chi connectivity index (χ1v) is 5.39. The fourth-order valence-electron chi connectivity index (χ4n) is 1.31. The van der Waals surface area contributed by atoms with Crippen LogP contribution in [0.1, 0.15) is 0 Å². The van der Waals surface area contributed by atoms with E-state index in [9.17, 15) is 0 Å². The van der Waals surface area contributed by atoms with Gasteiger partial charge in [-0.2, -0.15) is 0 Å². The Balaban J connectivity index is 3.13. The molecule has 1 rings (SSSR count). The van der Waals surface area contributed by atoms with Crippen molar-refractivity contribution in [3.63, 3.8) is 0 Å². The first-order chi connectivity index (χ1) is 6.31. The molecule has 0 saturated heterocycles. The maximum absolute atomic E-state index is 6.01. The molecule has 0 aliphatic carbocycles. The van der Waals surface area contributed by atoms with Gasteiger partial charge in [0, 0.05) is 21.1 Å². The molecule has 3 nitrogen and oxygen atoms in total. The summed E-state index contributed by atoms with van der Waals surface area (Å²) >= 11 is 17.7. The molecule has 0 spiro atoms. The van der Waals surface area contributed by atoms with Crippen molar-refractivity contribution >= 4 is 47.7 Å². The van der Waals surface area contributed by atoms with Gasteiger partial charge < -0.3 is 4.39 Å². The summed E-state index contributed by atoms with van der Waals surface area (Å²) in [6, 6.07) is 0. The van der Waals surface area contributed by atoms with Crippen LogP contribution < -0.4 is 5.46 Å². The molecule has 14 heavy (non-hydrogen) atoms. The minimum absolute atomic E-state index is 0.225. The van der Waals surface area contributed by atoms with E-state index in [0.29, 0.717) is 10.2 Å². The van der Waals surface area contributed by atoms with Crippen molar-refractivity contribution in [2.24, 2.45) is 0 Å². The van der Waals surface area contributed by atoms with Crippen molar-refractivity contribution in [3.8, 4) is 0 Å². The van der Waals surface area contributed by atoms with Gasteiger partial charge in [-0.15, -0.1) is 10.2 Å². The number of aromatic nitrogens is 2. The predicted octanol–water partition coefficient (Wildman–Crippen LogP) is 0.852. The van der Waals surface area contributed by atoms with Crippen LogP contribution in [0.4, 0.5) is 0 Å². The molecule has 0 bridgehead atoms. The summed E-state index contributed by atoms with van der Waals surface area (Å²) in [5.74, 6) is 0. The van der Waals surface area contributed by atoms with E-state index in [1.165, 1.54) is 0 Å². The second kappa shape index (κ2) is 4.23. The molecule has 0 aliphatic heterocycles. The van der Waals surface area contributed by atoms with Crippen molar-refractivity contribution in [1.82, 2.24) is 10.2 Å². The average Bonchev–Trinajstić information content (AvgIpc) is 2.04. The van der Waals surface area contributed by atoms with Crippen LogP contribution in [0.25, 0.3) is 0 Å². The summed E-state index contributed by atoms with van der Waals surface area (Å²) in [6.07, 6.45) is 0. The van der Waals surface area contributed by atoms with Crippen LogP contribution in [-0.2, 0) is 0 Å². The van der Waals surface area contributed by atoms with E-state index >= 15 is 0 Å². The van der Waals surface area contributed by atoms with Gasteiger partial charge in [0.1, 0.15) is 5.15 Å². The third-order valence-electron chi connectivity index (χ3n) is 1.94. The minimum Gasteiger partial charge on any atom is -0.524 e. The van der Waals surface area contributed by atoms with Gasteiger partial charge in [-0.3, -0.25) is 0 Å². The van der Waals surface area contributed by atoms with Crippen LogP contribution in [0.3, 0.4) is 0 Å². The molecular weight excluding hydrogens is 243 g/mol.